The molecule has 1 heterocycles. The van der Waals surface area contributed by atoms with Crippen molar-refractivity contribution >= 4 is 5.97 Å². The third-order valence-corrected chi connectivity index (χ3v) is 3.02. The fourth-order valence-electron chi connectivity index (χ4n) is 2.06. The van der Waals surface area contributed by atoms with Crippen LogP contribution in [0, 0.1) is 5.82 Å². The number of ether oxygens (including phenoxy) is 2. The number of nitrogens with zero attached hydrogens (tertiary/aromatic N) is 1. The van der Waals surface area contributed by atoms with Crippen LogP contribution in [-0.2, 0) is 9.47 Å². The van der Waals surface area contributed by atoms with Crippen molar-refractivity contribution in [1.29, 1.82) is 0 Å². The van der Waals surface area contributed by atoms with Crippen molar-refractivity contribution in [2.75, 3.05) is 32.8 Å². The van der Waals surface area contributed by atoms with E-state index in [9.17, 15) is 9.18 Å². The van der Waals surface area contributed by atoms with Gasteiger partial charge in [0.05, 0.1) is 18.8 Å². The fourth-order valence-corrected chi connectivity index (χ4v) is 2.06. The van der Waals surface area contributed by atoms with Gasteiger partial charge in [0.2, 0.25) is 0 Å². The van der Waals surface area contributed by atoms with Gasteiger partial charge in [-0.15, -0.1) is 0 Å². The minimum Gasteiger partial charge on any atom is -0.458 e. The van der Waals surface area contributed by atoms with Gasteiger partial charge in [0.1, 0.15) is 11.9 Å². The van der Waals surface area contributed by atoms with Crippen LogP contribution in [-0.4, -0.2) is 49.8 Å². The van der Waals surface area contributed by atoms with E-state index in [1.807, 2.05) is 6.92 Å². The minimum atomic E-state index is -0.612. The summed E-state index contributed by atoms with van der Waals surface area (Å²) in [7, 11) is 0. The molecule has 5 heteroatoms. The number of benzene rings is 1. The molecule has 0 amide bonds. The summed E-state index contributed by atoms with van der Waals surface area (Å²) in [5.74, 6) is -1.16. The van der Waals surface area contributed by atoms with Gasteiger partial charge in [-0.05, 0) is 19.1 Å². The van der Waals surface area contributed by atoms with Gasteiger partial charge in [-0.25, -0.2) is 9.18 Å². The molecular weight excluding hydrogens is 249 g/mol. The third kappa shape index (κ3) is 4.01. The summed E-state index contributed by atoms with van der Waals surface area (Å²) in [4.78, 5) is 14.0. The summed E-state index contributed by atoms with van der Waals surface area (Å²) < 4.78 is 23.9. The Morgan fingerprint density at radius 1 is 1.42 bits per heavy atom. The van der Waals surface area contributed by atoms with E-state index < -0.39 is 11.8 Å². The first-order chi connectivity index (χ1) is 9.16. The Morgan fingerprint density at radius 2 is 2.11 bits per heavy atom. The van der Waals surface area contributed by atoms with Crippen molar-refractivity contribution in [3.05, 3.63) is 35.6 Å². The Morgan fingerprint density at radius 3 is 2.79 bits per heavy atom. The fraction of sp³-hybridized carbons (Fsp3) is 0.500. The molecule has 0 aromatic heterocycles. The third-order valence-electron chi connectivity index (χ3n) is 3.02. The van der Waals surface area contributed by atoms with Crippen molar-refractivity contribution in [2.24, 2.45) is 0 Å². The molecule has 19 heavy (non-hydrogen) atoms. The number of hydrogen-bond acceptors (Lipinski definition) is 4. The molecule has 0 unspecified atom stereocenters. The highest BCUT2D eigenvalue weighted by molar-refractivity contribution is 5.89. The maximum absolute atomic E-state index is 13.4. The summed E-state index contributed by atoms with van der Waals surface area (Å²) in [6, 6.07) is 5.85. The maximum Gasteiger partial charge on any atom is 0.341 e. The predicted octanol–water partition coefficient (Wildman–Crippen LogP) is 1.70. The second-order valence-electron chi connectivity index (χ2n) is 4.61. The van der Waals surface area contributed by atoms with E-state index in [1.54, 1.807) is 12.1 Å². The monoisotopic (exact) mass is 267 g/mol. The van der Waals surface area contributed by atoms with Crippen LogP contribution in [0.25, 0.3) is 0 Å². The predicted molar refractivity (Wildman–Crippen MR) is 68.5 cm³/mol. The van der Waals surface area contributed by atoms with Crippen LogP contribution in [0.3, 0.4) is 0 Å². The van der Waals surface area contributed by atoms with Crippen molar-refractivity contribution in [3.63, 3.8) is 0 Å². The average molecular weight is 267 g/mol. The Hall–Kier alpha value is -1.46. The lowest BCUT2D eigenvalue weighted by molar-refractivity contribution is 0.000214. The first-order valence-electron chi connectivity index (χ1n) is 6.42. The number of morpholine rings is 1. The van der Waals surface area contributed by atoms with E-state index in [-0.39, 0.29) is 11.7 Å². The zero-order valence-electron chi connectivity index (χ0n) is 11.0. The molecule has 0 aliphatic carbocycles. The Bertz CT molecular complexity index is 432. The lowest BCUT2D eigenvalue weighted by Gasteiger charge is -2.28. The zero-order valence-corrected chi connectivity index (χ0v) is 11.0. The van der Waals surface area contributed by atoms with E-state index in [1.165, 1.54) is 12.1 Å². The summed E-state index contributed by atoms with van der Waals surface area (Å²) in [6.45, 7) is 5.53. The van der Waals surface area contributed by atoms with Crippen LogP contribution in [0.1, 0.15) is 17.3 Å². The highest BCUT2D eigenvalue weighted by Crippen LogP contribution is 2.10. The summed E-state index contributed by atoms with van der Waals surface area (Å²) >= 11 is 0. The summed E-state index contributed by atoms with van der Waals surface area (Å²) in [5, 5.41) is 0. The Labute approximate surface area is 112 Å². The Kier molecular flexibility index (Phi) is 4.87. The molecule has 4 nitrogen and oxygen atoms in total. The van der Waals surface area contributed by atoms with Gasteiger partial charge in [-0.3, -0.25) is 4.90 Å². The van der Waals surface area contributed by atoms with Crippen LogP contribution in [0.15, 0.2) is 24.3 Å². The number of hydrogen-bond donors (Lipinski definition) is 0. The molecule has 2 rings (SSSR count). The van der Waals surface area contributed by atoms with Gasteiger partial charge in [0.25, 0.3) is 0 Å². The highest BCUT2D eigenvalue weighted by atomic mass is 19.1. The van der Waals surface area contributed by atoms with E-state index in [0.717, 1.165) is 13.1 Å². The van der Waals surface area contributed by atoms with Crippen LogP contribution in [0.4, 0.5) is 4.39 Å². The zero-order chi connectivity index (χ0) is 13.7. The normalized spacial score (nSPS) is 18.0. The molecule has 1 saturated heterocycles. The van der Waals surface area contributed by atoms with Gasteiger partial charge < -0.3 is 9.47 Å². The molecule has 1 aliphatic heterocycles. The van der Waals surface area contributed by atoms with Crippen LogP contribution >= 0.6 is 0 Å². The number of carbonyl (C=O) groups is 1. The van der Waals surface area contributed by atoms with Crippen molar-refractivity contribution in [2.45, 2.75) is 13.0 Å². The van der Waals surface area contributed by atoms with Crippen molar-refractivity contribution in [3.8, 4) is 0 Å². The quantitative estimate of drug-likeness (QED) is 0.778. The van der Waals surface area contributed by atoms with Crippen LogP contribution in [0.5, 0.6) is 0 Å². The molecule has 1 fully saturated rings. The van der Waals surface area contributed by atoms with Gasteiger partial charge in [0.15, 0.2) is 0 Å². The van der Waals surface area contributed by atoms with Gasteiger partial charge in [-0.1, -0.05) is 12.1 Å². The number of esters is 1. The highest BCUT2D eigenvalue weighted by Gasteiger charge is 2.19. The molecule has 0 bridgehead atoms. The van der Waals surface area contributed by atoms with Gasteiger partial charge >= 0.3 is 5.97 Å². The number of carbonyl (C=O) groups excluding carboxylic acids is 1. The average Bonchev–Trinajstić information content (AvgIpc) is 2.40. The standard InChI is InChI=1S/C14H18FNO3/c1-11(10-16-6-8-18-9-7-16)19-14(17)12-4-2-3-5-13(12)15/h2-5,11H,6-10H2,1H3/t11-/m0/s1. The lowest BCUT2D eigenvalue weighted by Crippen LogP contribution is -2.41. The van der Waals surface area contributed by atoms with Gasteiger partial charge in [-0.2, -0.15) is 0 Å². The Balaban J connectivity index is 1.86. The molecule has 0 spiro atoms. The molecule has 1 aromatic rings. The first-order valence-corrected chi connectivity index (χ1v) is 6.42. The van der Waals surface area contributed by atoms with E-state index >= 15 is 0 Å². The molecule has 0 radical (unpaired) electrons. The van der Waals surface area contributed by atoms with Crippen molar-refractivity contribution < 1.29 is 18.7 Å². The minimum absolute atomic E-state index is 0.0173. The second-order valence-corrected chi connectivity index (χ2v) is 4.61. The number of halogens is 1. The number of rotatable bonds is 4. The molecule has 1 aliphatic rings. The van der Waals surface area contributed by atoms with E-state index in [4.69, 9.17) is 9.47 Å². The lowest BCUT2D eigenvalue weighted by atomic mass is 10.2. The smallest absolute Gasteiger partial charge is 0.341 e. The molecule has 0 N–H and O–H groups in total. The molecule has 104 valence electrons. The summed E-state index contributed by atoms with van der Waals surface area (Å²) in [6.07, 6.45) is -0.273. The van der Waals surface area contributed by atoms with Gasteiger partial charge in [0, 0.05) is 19.6 Å². The van der Waals surface area contributed by atoms with Crippen LogP contribution < -0.4 is 0 Å². The topological polar surface area (TPSA) is 38.8 Å². The van der Waals surface area contributed by atoms with E-state index in [0.29, 0.717) is 19.8 Å². The van der Waals surface area contributed by atoms with Crippen molar-refractivity contribution in [1.82, 2.24) is 4.90 Å². The molecule has 1 atom stereocenters. The summed E-state index contributed by atoms with van der Waals surface area (Å²) in [5.41, 5.74) is -0.0173. The van der Waals surface area contributed by atoms with Crippen LogP contribution in [0.2, 0.25) is 0 Å². The largest absolute Gasteiger partial charge is 0.458 e. The maximum atomic E-state index is 13.4. The SMILES string of the molecule is C[C@@H](CN1CCOCC1)OC(=O)c1ccccc1F. The molecule has 1 aromatic carbocycles. The second kappa shape index (κ2) is 6.63. The first kappa shape index (κ1) is 14.0. The molecule has 0 saturated carbocycles. The molecular formula is C14H18FNO3. The van der Waals surface area contributed by atoms with E-state index in [2.05, 4.69) is 4.90 Å².